The van der Waals surface area contributed by atoms with Crippen molar-refractivity contribution in [2.24, 2.45) is 0 Å². The van der Waals surface area contributed by atoms with Gasteiger partial charge >= 0.3 is 12.0 Å². The smallest absolute Gasteiger partial charge is 0.337 e. The molecule has 1 aliphatic heterocycles. The van der Waals surface area contributed by atoms with Crippen molar-refractivity contribution in [3.05, 3.63) is 45.1 Å². The molecule has 26 heavy (non-hydrogen) atoms. The van der Waals surface area contributed by atoms with E-state index in [2.05, 4.69) is 16.0 Å². The number of halogens is 2. The second-order valence-electron chi connectivity index (χ2n) is 5.94. The van der Waals surface area contributed by atoms with E-state index in [1.54, 1.807) is 19.1 Å². The van der Waals surface area contributed by atoms with Crippen LogP contribution in [0.15, 0.2) is 29.5 Å². The van der Waals surface area contributed by atoms with Crippen molar-refractivity contribution < 1.29 is 14.3 Å². The Morgan fingerprint density at radius 2 is 2.08 bits per heavy atom. The van der Waals surface area contributed by atoms with Gasteiger partial charge in [0.25, 0.3) is 0 Å². The maximum Gasteiger partial charge on any atom is 0.337 e. The van der Waals surface area contributed by atoms with E-state index in [1.165, 1.54) is 0 Å². The summed E-state index contributed by atoms with van der Waals surface area (Å²) in [6.07, 6.45) is 0.587. The molecule has 0 fully saturated rings. The number of benzene rings is 1. The van der Waals surface area contributed by atoms with E-state index in [9.17, 15) is 9.59 Å². The first-order valence-corrected chi connectivity index (χ1v) is 9.28. The molecular formula is C18H23Cl2N3O3. The number of hydrogen-bond donors (Lipinski definition) is 3. The molecule has 0 aromatic heterocycles. The molecule has 142 valence electrons. The van der Waals surface area contributed by atoms with Gasteiger partial charge in [-0.15, -0.1) is 0 Å². The second kappa shape index (κ2) is 9.26. The molecule has 0 spiro atoms. The Hall–Kier alpha value is -1.76. The highest BCUT2D eigenvalue weighted by atomic mass is 35.5. The van der Waals surface area contributed by atoms with Crippen LogP contribution >= 0.6 is 23.2 Å². The molecule has 1 heterocycles. The topological polar surface area (TPSA) is 79.5 Å². The van der Waals surface area contributed by atoms with Crippen molar-refractivity contribution in [2.75, 3.05) is 13.2 Å². The maximum atomic E-state index is 12.4. The van der Waals surface area contributed by atoms with Crippen LogP contribution in [0.25, 0.3) is 0 Å². The van der Waals surface area contributed by atoms with Gasteiger partial charge in [0.05, 0.1) is 18.2 Å². The van der Waals surface area contributed by atoms with E-state index >= 15 is 0 Å². The summed E-state index contributed by atoms with van der Waals surface area (Å²) < 4.78 is 5.15. The number of carbonyl (C=O) groups is 2. The van der Waals surface area contributed by atoms with Crippen molar-refractivity contribution in [3.8, 4) is 0 Å². The summed E-state index contributed by atoms with van der Waals surface area (Å²) in [7, 11) is 0. The number of ether oxygens (including phenoxy) is 1. The first kappa shape index (κ1) is 20.6. The van der Waals surface area contributed by atoms with Crippen LogP contribution in [0.1, 0.15) is 38.8 Å². The number of amides is 2. The molecule has 8 heteroatoms. The fourth-order valence-electron chi connectivity index (χ4n) is 2.82. The minimum atomic E-state index is -0.430. The predicted molar refractivity (Wildman–Crippen MR) is 102 cm³/mol. The van der Waals surface area contributed by atoms with Crippen molar-refractivity contribution in [1.82, 2.24) is 16.0 Å². The Morgan fingerprint density at radius 3 is 2.69 bits per heavy atom. The zero-order valence-electron chi connectivity index (χ0n) is 15.0. The predicted octanol–water partition coefficient (Wildman–Crippen LogP) is 3.55. The molecule has 2 rings (SSSR count). The Kier molecular flexibility index (Phi) is 7.32. The van der Waals surface area contributed by atoms with Gasteiger partial charge in [-0.05, 0) is 38.0 Å². The zero-order chi connectivity index (χ0) is 19.3. The lowest BCUT2D eigenvalue weighted by atomic mass is 10.00. The molecule has 1 aromatic rings. The highest BCUT2D eigenvalue weighted by Crippen LogP contribution is 2.26. The number of rotatable bonds is 7. The standard InChI is InChI=1S/C18H23Cl2N3O3/c1-4-14-16(17(24)26-5-2)15(23-18(25)22-14)9-21-10(3)12-7-6-11(19)8-13(12)20/h6-8,10,14,21H,4-5,9H2,1-3H3,(H2,22,23,25)/t10-,14+/m0/s1. The summed E-state index contributed by atoms with van der Waals surface area (Å²) in [6, 6.07) is 4.47. The van der Waals surface area contributed by atoms with E-state index < -0.39 is 5.97 Å². The van der Waals surface area contributed by atoms with Gasteiger partial charge in [-0.1, -0.05) is 36.2 Å². The Balaban J connectivity index is 2.21. The quantitative estimate of drug-likeness (QED) is 0.612. The van der Waals surface area contributed by atoms with E-state index in [0.29, 0.717) is 27.7 Å². The van der Waals surface area contributed by atoms with Crippen molar-refractivity contribution in [1.29, 1.82) is 0 Å². The summed E-state index contributed by atoms with van der Waals surface area (Å²) in [4.78, 5) is 24.3. The van der Waals surface area contributed by atoms with E-state index in [-0.39, 0.29) is 31.3 Å². The maximum absolute atomic E-state index is 12.4. The monoisotopic (exact) mass is 399 g/mol. The molecule has 3 N–H and O–H groups in total. The highest BCUT2D eigenvalue weighted by Gasteiger charge is 2.31. The molecule has 0 unspecified atom stereocenters. The van der Waals surface area contributed by atoms with Crippen molar-refractivity contribution in [3.63, 3.8) is 0 Å². The lowest BCUT2D eigenvalue weighted by molar-refractivity contribution is -0.139. The Morgan fingerprint density at radius 1 is 1.35 bits per heavy atom. The minimum absolute atomic E-state index is 0.109. The molecule has 0 radical (unpaired) electrons. The average molecular weight is 400 g/mol. The molecule has 2 amide bonds. The van der Waals surface area contributed by atoms with Crippen LogP contribution in [-0.2, 0) is 9.53 Å². The summed E-state index contributed by atoms with van der Waals surface area (Å²) in [5, 5.41) is 9.86. The van der Waals surface area contributed by atoms with E-state index in [0.717, 1.165) is 5.56 Å². The summed E-state index contributed by atoms with van der Waals surface area (Å²) in [5.74, 6) is -0.430. The van der Waals surface area contributed by atoms with Gasteiger partial charge in [-0.2, -0.15) is 0 Å². The molecule has 2 atom stereocenters. The van der Waals surface area contributed by atoms with Gasteiger partial charge < -0.3 is 20.7 Å². The van der Waals surface area contributed by atoms with Gasteiger partial charge in [0.2, 0.25) is 0 Å². The van der Waals surface area contributed by atoms with Crippen LogP contribution in [0.3, 0.4) is 0 Å². The van der Waals surface area contributed by atoms with Crippen LogP contribution in [0.4, 0.5) is 4.79 Å². The number of hydrogen-bond acceptors (Lipinski definition) is 4. The van der Waals surface area contributed by atoms with Crippen molar-refractivity contribution in [2.45, 2.75) is 39.3 Å². The molecule has 0 saturated heterocycles. The summed E-state index contributed by atoms with van der Waals surface area (Å²) in [6.45, 7) is 6.15. The Bertz CT molecular complexity index is 722. The normalized spacial score (nSPS) is 18.2. The van der Waals surface area contributed by atoms with Gasteiger partial charge in [-0.3, -0.25) is 0 Å². The van der Waals surface area contributed by atoms with Crippen LogP contribution in [0.5, 0.6) is 0 Å². The van der Waals surface area contributed by atoms with Gasteiger partial charge in [0.15, 0.2) is 0 Å². The molecule has 6 nitrogen and oxygen atoms in total. The summed E-state index contributed by atoms with van der Waals surface area (Å²) >= 11 is 12.2. The molecule has 0 bridgehead atoms. The van der Waals surface area contributed by atoms with Crippen LogP contribution in [-0.4, -0.2) is 31.2 Å². The van der Waals surface area contributed by atoms with Gasteiger partial charge in [-0.25, -0.2) is 9.59 Å². The third-order valence-corrected chi connectivity index (χ3v) is 4.72. The third kappa shape index (κ3) is 4.90. The second-order valence-corrected chi connectivity index (χ2v) is 6.78. The molecule has 0 saturated carbocycles. The van der Waals surface area contributed by atoms with Crippen LogP contribution < -0.4 is 16.0 Å². The highest BCUT2D eigenvalue weighted by molar-refractivity contribution is 6.35. The van der Waals surface area contributed by atoms with E-state index in [4.69, 9.17) is 27.9 Å². The van der Waals surface area contributed by atoms with Gasteiger partial charge in [0.1, 0.15) is 0 Å². The first-order valence-electron chi connectivity index (χ1n) is 8.53. The largest absolute Gasteiger partial charge is 0.463 e. The number of nitrogens with one attached hydrogen (secondary N) is 3. The fourth-order valence-corrected chi connectivity index (χ4v) is 3.39. The average Bonchev–Trinajstić information content (AvgIpc) is 2.59. The number of carbonyl (C=O) groups excluding carboxylic acids is 2. The SMILES string of the molecule is CCOC(=O)C1=C(CN[C@@H](C)c2ccc(Cl)cc2Cl)NC(=O)N[C@@H]1CC. The van der Waals surface area contributed by atoms with Crippen LogP contribution in [0, 0.1) is 0 Å². The van der Waals surface area contributed by atoms with E-state index in [1.807, 2.05) is 19.9 Å². The first-order chi connectivity index (χ1) is 12.4. The lowest BCUT2D eigenvalue weighted by Crippen LogP contribution is -2.52. The molecule has 1 aliphatic rings. The number of esters is 1. The lowest BCUT2D eigenvalue weighted by Gasteiger charge is -2.29. The zero-order valence-corrected chi connectivity index (χ0v) is 16.5. The van der Waals surface area contributed by atoms with Crippen molar-refractivity contribution >= 4 is 35.2 Å². The third-order valence-electron chi connectivity index (χ3n) is 4.16. The van der Waals surface area contributed by atoms with Crippen LogP contribution in [0.2, 0.25) is 10.0 Å². The minimum Gasteiger partial charge on any atom is -0.463 e. The molecule has 0 aliphatic carbocycles. The van der Waals surface area contributed by atoms with Gasteiger partial charge in [0, 0.05) is 28.3 Å². The number of urea groups is 1. The fraction of sp³-hybridized carbons (Fsp3) is 0.444. The molecule has 1 aromatic carbocycles. The molecular weight excluding hydrogens is 377 g/mol. The summed E-state index contributed by atoms with van der Waals surface area (Å²) in [5.41, 5.74) is 1.83. The Labute approximate surface area is 163 Å².